The molecule has 15 heavy (non-hydrogen) atoms. The second-order valence-corrected chi connectivity index (χ2v) is 4.53. The van der Waals surface area contributed by atoms with E-state index in [2.05, 4.69) is 23.5 Å². The molecule has 1 N–H and O–H groups in total. The molecule has 0 bridgehead atoms. The predicted molar refractivity (Wildman–Crippen MR) is 68.5 cm³/mol. The summed E-state index contributed by atoms with van der Waals surface area (Å²) in [6.07, 6.45) is 6.48. The van der Waals surface area contributed by atoms with Crippen molar-refractivity contribution in [3.05, 3.63) is 34.9 Å². The van der Waals surface area contributed by atoms with E-state index in [1.807, 2.05) is 7.05 Å². The minimum absolute atomic E-state index is 0.849. The fourth-order valence-electron chi connectivity index (χ4n) is 2.20. The second-order valence-electron chi connectivity index (χ2n) is 4.12. The predicted octanol–water partition coefficient (Wildman–Crippen LogP) is 2.85. The van der Waals surface area contributed by atoms with Crippen LogP contribution in [0.2, 0.25) is 0 Å². The van der Waals surface area contributed by atoms with Crippen LogP contribution in [0.3, 0.4) is 0 Å². The minimum Gasteiger partial charge on any atom is -0.379 e. The maximum absolute atomic E-state index is 5.25. The van der Waals surface area contributed by atoms with Crippen molar-refractivity contribution in [3.8, 4) is 0 Å². The molecule has 0 aromatic heterocycles. The summed E-state index contributed by atoms with van der Waals surface area (Å²) in [5, 5.41) is 3.04. The Morgan fingerprint density at radius 3 is 2.60 bits per heavy atom. The van der Waals surface area contributed by atoms with Gasteiger partial charge in [0.15, 0.2) is 0 Å². The minimum atomic E-state index is 0.849. The highest BCUT2D eigenvalue weighted by Gasteiger charge is 2.09. The number of rotatable bonds is 1. The van der Waals surface area contributed by atoms with E-state index in [9.17, 15) is 0 Å². The average Bonchev–Trinajstić information content (AvgIpc) is 2.51. The highest BCUT2D eigenvalue weighted by atomic mass is 32.1. The first-order chi connectivity index (χ1) is 7.31. The van der Waals surface area contributed by atoms with Gasteiger partial charge in [-0.15, -0.1) is 0 Å². The van der Waals surface area contributed by atoms with E-state index in [1.54, 1.807) is 0 Å². The van der Waals surface area contributed by atoms with E-state index in [0.29, 0.717) is 0 Å². The van der Waals surface area contributed by atoms with E-state index >= 15 is 0 Å². The summed E-state index contributed by atoms with van der Waals surface area (Å²) in [6.45, 7) is 0. The van der Waals surface area contributed by atoms with Crippen LogP contribution in [0.4, 0.5) is 0 Å². The van der Waals surface area contributed by atoms with Crippen LogP contribution in [0.5, 0.6) is 0 Å². The van der Waals surface area contributed by atoms with Gasteiger partial charge in [-0.05, 0) is 42.9 Å². The van der Waals surface area contributed by atoms with Crippen LogP contribution in [-0.2, 0) is 12.8 Å². The molecule has 1 aliphatic carbocycles. The van der Waals surface area contributed by atoms with Crippen LogP contribution in [0.1, 0.15) is 36.0 Å². The Labute approximate surface area is 96.9 Å². The van der Waals surface area contributed by atoms with Crippen molar-refractivity contribution in [2.75, 3.05) is 7.05 Å². The number of thiocarbonyl (C=S) groups is 1. The van der Waals surface area contributed by atoms with Crippen LogP contribution in [0, 0.1) is 0 Å². The quantitative estimate of drug-likeness (QED) is 0.576. The van der Waals surface area contributed by atoms with Gasteiger partial charge in [0, 0.05) is 12.6 Å². The highest BCUT2D eigenvalue weighted by molar-refractivity contribution is 7.80. The van der Waals surface area contributed by atoms with Crippen molar-refractivity contribution in [1.29, 1.82) is 0 Å². The molecule has 1 aromatic rings. The van der Waals surface area contributed by atoms with Gasteiger partial charge in [-0.2, -0.15) is 0 Å². The van der Waals surface area contributed by atoms with E-state index in [1.165, 1.54) is 43.2 Å². The Kier molecular flexibility index (Phi) is 3.37. The standard InChI is InChI=1S/C13H17NS/c1-14-13(15)12-8-7-10-5-3-2-4-6-11(10)9-12/h7-9H,2-6H2,1H3,(H,14,15). The normalized spacial score (nSPS) is 15.3. The van der Waals surface area contributed by atoms with Crippen LogP contribution in [0.15, 0.2) is 18.2 Å². The van der Waals surface area contributed by atoms with Gasteiger partial charge >= 0.3 is 0 Å². The zero-order valence-electron chi connectivity index (χ0n) is 9.18. The molecule has 0 amide bonds. The zero-order chi connectivity index (χ0) is 10.7. The fraction of sp³-hybridized carbons (Fsp3) is 0.462. The molecule has 1 aliphatic rings. The molecule has 0 unspecified atom stereocenters. The van der Waals surface area contributed by atoms with Gasteiger partial charge in [0.2, 0.25) is 0 Å². The molecule has 0 saturated heterocycles. The molecule has 1 nitrogen and oxygen atoms in total. The molecule has 0 heterocycles. The van der Waals surface area contributed by atoms with E-state index < -0.39 is 0 Å². The lowest BCUT2D eigenvalue weighted by molar-refractivity contribution is 0.711. The summed E-state index contributed by atoms with van der Waals surface area (Å²) in [5.41, 5.74) is 4.19. The van der Waals surface area contributed by atoms with E-state index in [4.69, 9.17) is 12.2 Å². The molecule has 1 aromatic carbocycles. The molecule has 0 spiro atoms. The summed E-state index contributed by atoms with van der Waals surface area (Å²) in [6, 6.07) is 6.65. The summed E-state index contributed by atoms with van der Waals surface area (Å²) in [7, 11) is 1.88. The molecular weight excluding hydrogens is 202 g/mol. The van der Waals surface area contributed by atoms with Crippen molar-refractivity contribution >= 4 is 17.2 Å². The lowest BCUT2D eigenvalue weighted by Crippen LogP contribution is -2.16. The number of benzene rings is 1. The summed E-state index contributed by atoms with van der Waals surface area (Å²) in [5.74, 6) is 0. The smallest absolute Gasteiger partial charge is 0.106 e. The monoisotopic (exact) mass is 219 g/mol. The molecule has 0 fully saturated rings. The Morgan fingerprint density at radius 2 is 1.87 bits per heavy atom. The zero-order valence-corrected chi connectivity index (χ0v) is 9.99. The van der Waals surface area contributed by atoms with Crippen LogP contribution >= 0.6 is 12.2 Å². The van der Waals surface area contributed by atoms with Gasteiger partial charge in [0.05, 0.1) is 0 Å². The highest BCUT2D eigenvalue weighted by Crippen LogP contribution is 2.21. The molecule has 2 heteroatoms. The fourth-order valence-corrected chi connectivity index (χ4v) is 2.32. The molecule has 0 saturated carbocycles. The van der Waals surface area contributed by atoms with Crippen molar-refractivity contribution in [2.45, 2.75) is 32.1 Å². The summed E-state index contributed by atoms with van der Waals surface area (Å²) >= 11 is 5.25. The molecule has 0 atom stereocenters. The van der Waals surface area contributed by atoms with Gasteiger partial charge in [0.25, 0.3) is 0 Å². The number of hydrogen-bond acceptors (Lipinski definition) is 1. The Balaban J connectivity index is 2.31. The van der Waals surface area contributed by atoms with Crippen LogP contribution in [-0.4, -0.2) is 12.0 Å². The second kappa shape index (κ2) is 4.75. The maximum atomic E-state index is 5.25. The molecular formula is C13H17NS. The molecule has 80 valence electrons. The van der Waals surface area contributed by atoms with Gasteiger partial charge in [-0.1, -0.05) is 30.8 Å². The van der Waals surface area contributed by atoms with Gasteiger partial charge in [-0.3, -0.25) is 0 Å². The molecule has 0 radical (unpaired) electrons. The maximum Gasteiger partial charge on any atom is 0.106 e. The first-order valence-corrected chi connectivity index (χ1v) is 6.06. The van der Waals surface area contributed by atoms with Crippen LogP contribution in [0.25, 0.3) is 0 Å². The Morgan fingerprint density at radius 1 is 1.13 bits per heavy atom. The third-order valence-corrected chi connectivity index (χ3v) is 3.53. The van der Waals surface area contributed by atoms with Gasteiger partial charge < -0.3 is 5.32 Å². The van der Waals surface area contributed by atoms with Crippen molar-refractivity contribution in [3.63, 3.8) is 0 Å². The number of aryl methyl sites for hydroxylation is 2. The molecule has 2 rings (SSSR count). The van der Waals surface area contributed by atoms with Gasteiger partial charge in [0.1, 0.15) is 4.99 Å². The van der Waals surface area contributed by atoms with Gasteiger partial charge in [-0.25, -0.2) is 0 Å². The van der Waals surface area contributed by atoms with Crippen LogP contribution < -0.4 is 5.32 Å². The third-order valence-electron chi connectivity index (χ3n) is 3.09. The third kappa shape index (κ3) is 2.37. The Bertz CT molecular complexity index is 371. The largest absolute Gasteiger partial charge is 0.379 e. The first kappa shape index (κ1) is 10.6. The lowest BCUT2D eigenvalue weighted by atomic mass is 10.00. The SMILES string of the molecule is CNC(=S)c1ccc2c(c1)CCCCC2. The summed E-state index contributed by atoms with van der Waals surface area (Å²) < 4.78 is 0. The van der Waals surface area contributed by atoms with Crippen molar-refractivity contribution in [1.82, 2.24) is 5.32 Å². The lowest BCUT2D eigenvalue weighted by Gasteiger charge is -2.09. The first-order valence-electron chi connectivity index (χ1n) is 5.65. The number of nitrogens with one attached hydrogen (secondary N) is 1. The average molecular weight is 219 g/mol. The molecule has 0 aliphatic heterocycles. The van der Waals surface area contributed by atoms with Crippen molar-refractivity contribution < 1.29 is 0 Å². The van der Waals surface area contributed by atoms with E-state index in [0.717, 1.165) is 10.6 Å². The van der Waals surface area contributed by atoms with Crippen molar-refractivity contribution in [2.24, 2.45) is 0 Å². The van der Waals surface area contributed by atoms with E-state index in [-0.39, 0.29) is 0 Å². The topological polar surface area (TPSA) is 12.0 Å². The Hall–Kier alpha value is -0.890. The number of hydrogen-bond donors (Lipinski definition) is 1. The summed E-state index contributed by atoms with van der Waals surface area (Å²) in [4.78, 5) is 0.849. The number of fused-ring (bicyclic) bond motifs is 1.